The van der Waals surface area contributed by atoms with Gasteiger partial charge in [0.25, 0.3) is 0 Å². The third kappa shape index (κ3) is 6.20. The molecule has 0 aliphatic rings. The summed E-state index contributed by atoms with van der Waals surface area (Å²) in [5, 5.41) is 1.53. The third-order valence-corrected chi connectivity index (χ3v) is 7.22. The van der Waals surface area contributed by atoms with E-state index in [1.54, 1.807) is 23.1 Å². The number of benzene rings is 2. The van der Waals surface area contributed by atoms with Gasteiger partial charge in [0.1, 0.15) is 0 Å². The van der Waals surface area contributed by atoms with Gasteiger partial charge >= 0.3 is 0 Å². The summed E-state index contributed by atoms with van der Waals surface area (Å²) in [6.45, 7) is 5.81. The minimum atomic E-state index is 0.128. The number of hydrogen-bond acceptors (Lipinski definition) is 5. The quantitative estimate of drug-likeness (QED) is 0.364. The number of fused-ring (bicyclic) bond motifs is 1. The number of hydrogen-bond donors (Lipinski definition) is 0. The van der Waals surface area contributed by atoms with Crippen LogP contribution in [0, 0.1) is 13.8 Å². The molecule has 0 aliphatic carbocycles. The van der Waals surface area contributed by atoms with Crippen LogP contribution in [0.15, 0.2) is 41.3 Å². The van der Waals surface area contributed by atoms with Crippen molar-refractivity contribution in [2.75, 3.05) is 37.8 Å². The summed E-state index contributed by atoms with van der Waals surface area (Å²) in [4.78, 5) is 23.1. The number of halogens is 1. The minimum Gasteiger partial charge on any atom is -0.309 e. The summed E-state index contributed by atoms with van der Waals surface area (Å²) in [5.74, 6) is 0.858. The van der Waals surface area contributed by atoms with Gasteiger partial charge in [-0.15, -0.1) is 11.8 Å². The molecule has 1 amide bonds. The van der Waals surface area contributed by atoms with Crippen molar-refractivity contribution in [2.24, 2.45) is 0 Å². The first-order chi connectivity index (χ1) is 14.3. The van der Waals surface area contributed by atoms with Crippen LogP contribution in [-0.2, 0) is 4.79 Å². The van der Waals surface area contributed by atoms with Gasteiger partial charge in [-0.25, -0.2) is 4.98 Å². The van der Waals surface area contributed by atoms with Crippen LogP contribution in [0.25, 0.3) is 10.2 Å². The number of amides is 1. The zero-order valence-corrected chi connectivity index (χ0v) is 20.3. The van der Waals surface area contributed by atoms with Crippen molar-refractivity contribution in [3.05, 3.63) is 52.5 Å². The molecule has 30 heavy (non-hydrogen) atoms. The summed E-state index contributed by atoms with van der Waals surface area (Å²) in [5.41, 5.74) is 3.39. The molecule has 0 aliphatic heterocycles. The van der Waals surface area contributed by atoms with E-state index < -0.39 is 0 Å². The second-order valence-corrected chi connectivity index (χ2v) is 10.3. The van der Waals surface area contributed by atoms with Crippen molar-refractivity contribution >= 4 is 56.0 Å². The molecule has 0 spiro atoms. The summed E-state index contributed by atoms with van der Waals surface area (Å²) >= 11 is 9.25. The molecule has 1 heterocycles. The molecule has 0 fully saturated rings. The van der Waals surface area contributed by atoms with E-state index in [2.05, 4.69) is 45.0 Å². The predicted molar refractivity (Wildman–Crippen MR) is 131 cm³/mol. The Bertz CT molecular complexity index is 1000. The van der Waals surface area contributed by atoms with E-state index in [9.17, 15) is 4.79 Å². The fourth-order valence-electron chi connectivity index (χ4n) is 3.27. The number of thiazole rings is 1. The number of carbonyl (C=O) groups is 1. The highest BCUT2D eigenvalue weighted by Crippen LogP contribution is 2.33. The number of nitrogens with zero attached hydrogens (tertiary/aromatic N) is 3. The summed E-state index contributed by atoms with van der Waals surface area (Å²) < 4.78 is 1.16. The van der Waals surface area contributed by atoms with Crippen LogP contribution in [0.1, 0.15) is 24.0 Å². The molecule has 1 aromatic heterocycles. The largest absolute Gasteiger partial charge is 0.309 e. The van der Waals surface area contributed by atoms with E-state index in [0.29, 0.717) is 13.0 Å². The first-order valence-corrected chi connectivity index (χ1v) is 12.2. The van der Waals surface area contributed by atoms with Crippen molar-refractivity contribution in [2.45, 2.75) is 31.6 Å². The van der Waals surface area contributed by atoms with Gasteiger partial charge in [-0.05, 0) is 82.4 Å². The van der Waals surface area contributed by atoms with E-state index in [-0.39, 0.29) is 5.91 Å². The van der Waals surface area contributed by atoms with Crippen LogP contribution >= 0.6 is 34.7 Å². The zero-order valence-electron chi connectivity index (χ0n) is 17.9. The molecule has 0 radical (unpaired) electrons. The van der Waals surface area contributed by atoms with Gasteiger partial charge in [0, 0.05) is 28.6 Å². The highest BCUT2D eigenvalue weighted by Gasteiger charge is 2.20. The second-order valence-electron chi connectivity index (χ2n) is 7.68. The van der Waals surface area contributed by atoms with Crippen LogP contribution in [0.3, 0.4) is 0 Å². The van der Waals surface area contributed by atoms with Crippen molar-refractivity contribution in [1.82, 2.24) is 9.88 Å². The van der Waals surface area contributed by atoms with E-state index in [4.69, 9.17) is 16.6 Å². The Morgan fingerprint density at radius 2 is 1.87 bits per heavy atom. The maximum atomic E-state index is 13.1. The highest BCUT2D eigenvalue weighted by molar-refractivity contribution is 7.99. The molecule has 0 bridgehead atoms. The molecule has 2 aromatic carbocycles. The SMILES string of the molecule is Cc1cc(C)c2sc(N(CCCN(C)C)C(=O)CCSc3ccc(Cl)cc3)nc2c1. The summed E-state index contributed by atoms with van der Waals surface area (Å²) in [6, 6.07) is 12.0. The molecule has 0 N–H and O–H groups in total. The van der Waals surface area contributed by atoms with E-state index in [1.807, 2.05) is 29.2 Å². The van der Waals surface area contributed by atoms with Crippen molar-refractivity contribution in [1.29, 1.82) is 0 Å². The van der Waals surface area contributed by atoms with E-state index >= 15 is 0 Å². The van der Waals surface area contributed by atoms with E-state index in [0.717, 1.165) is 44.0 Å². The Kier molecular flexibility index (Phi) is 8.17. The molecule has 0 unspecified atom stereocenters. The lowest BCUT2D eigenvalue weighted by Crippen LogP contribution is -2.33. The normalized spacial score (nSPS) is 11.4. The van der Waals surface area contributed by atoms with Crippen LogP contribution in [0.5, 0.6) is 0 Å². The van der Waals surface area contributed by atoms with Gasteiger partial charge in [-0.3, -0.25) is 9.69 Å². The molecule has 0 atom stereocenters. The average molecular weight is 462 g/mol. The van der Waals surface area contributed by atoms with Crippen molar-refractivity contribution in [3.63, 3.8) is 0 Å². The van der Waals surface area contributed by atoms with Gasteiger partial charge in [-0.1, -0.05) is 29.0 Å². The number of anilines is 1. The molecule has 160 valence electrons. The first-order valence-electron chi connectivity index (χ1n) is 10.0. The molecular formula is C23H28ClN3OS2. The zero-order chi connectivity index (χ0) is 21.7. The maximum Gasteiger partial charge on any atom is 0.229 e. The molecular weight excluding hydrogens is 434 g/mol. The fourth-order valence-corrected chi connectivity index (χ4v) is 5.30. The fraction of sp³-hybridized carbons (Fsp3) is 0.391. The summed E-state index contributed by atoms with van der Waals surface area (Å²) in [6.07, 6.45) is 1.39. The van der Waals surface area contributed by atoms with Gasteiger partial charge in [0.2, 0.25) is 5.91 Å². The predicted octanol–water partition coefficient (Wildman–Crippen LogP) is 6.03. The molecule has 3 rings (SSSR count). The molecule has 0 saturated heterocycles. The third-order valence-electron chi connectivity index (χ3n) is 4.73. The van der Waals surface area contributed by atoms with Gasteiger partial charge in [0.05, 0.1) is 10.2 Å². The van der Waals surface area contributed by atoms with Gasteiger partial charge in [0.15, 0.2) is 5.13 Å². The summed E-state index contributed by atoms with van der Waals surface area (Å²) in [7, 11) is 4.11. The number of aromatic nitrogens is 1. The van der Waals surface area contributed by atoms with Crippen LogP contribution in [-0.4, -0.2) is 48.7 Å². The molecule has 3 aromatic rings. The lowest BCUT2D eigenvalue weighted by molar-refractivity contribution is -0.118. The van der Waals surface area contributed by atoms with Crippen molar-refractivity contribution < 1.29 is 4.79 Å². The van der Waals surface area contributed by atoms with Gasteiger partial charge in [-0.2, -0.15) is 0 Å². The Morgan fingerprint density at radius 3 is 2.57 bits per heavy atom. The standard InChI is InChI=1S/C23H28ClN3OS2/c1-16-14-17(2)22-20(15-16)25-23(30-22)27(12-5-11-26(3)4)21(28)10-13-29-19-8-6-18(24)7-9-19/h6-9,14-15H,5,10-13H2,1-4H3. The van der Waals surface area contributed by atoms with E-state index in [1.165, 1.54) is 11.1 Å². The van der Waals surface area contributed by atoms with Gasteiger partial charge < -0.3 is 4.90 Å². The smallest absolute Gasteiger partial charge is 0.229 e. The average Bonchev–Trinajstić information content (AvgIpc) is 3.10. The molecule has 4 nitrogen and oxygen atoms in total. The monoisotopic (exact) mass is 461 g/mol. The lowest BCUT2D eigenvalue weighted by Gasteiger charge is -2.21. The number of thioether (sulfide) groups is 1. The number of aryl methyl sites for hydroxylation is 2. The van der Waals surface area contributed by atoms with Crippen LogP contribution in [0.4, 0.5) is 5.13 Å². The molecule has 7 heteroatoms. The Balaban J connectivity index is 1.73. The Labute approximate surface area is 192 Å². The van der Waals surface area contributed by atoms with Crippen LogP contribution in [0.2, 0.25) is 5.02 Å². The maximum absolute atomic E-state index is 13.1. The number of carbonyl (C=O) groups excluding carboxylic acids is 1. The topological polar surface area (TPSA) is 36.4 Å². The van der Waals surface area contributed by atoms with Crippen LogP contribution < -0.4 is 4.90 Å². The van der Waals surface area contributed by atoms with Crippen molar-refractivity contribution in [3.8, 4) is 0 Å². The first kappa shape index (κ1) is 23.1. The minimum absolute atomic E-state index is 0.128. The molecule has 0 saturated carbocycles. The Hall–Kier alpha value is -1.60. The lowest BCUT2D eigenvalue weighted by atomic mass is 10.1. The Morgan fingerprint density at radius 1 is 1.13 bits per heavy atom. The number of rotatable bonds is 9. The second kappa shape index (κ2) is 10.6. The highest BCUT2D eigenvalue weighted by atomic mass is 35.5.